The van der Waals surface area contributed by atoms with Crippen LogP contribution >= 0.6 is 0 Å². The van der Waals surface area contributed by atoms with Gasteiger partial charge in [-0.2, -0.15) is 10.5 Å². The Kier molecular flexibility index (Phi) is 9.56. The molecule has 0 saturated heterocycles. The predicted octanol–water partition coefficient (Wildman–Crippen LogP) is 15.5. The summed E-state index contributed by atoms with van der Waals surface area (Å²) in [5, 5.41) is 21.9. The van der Waals surface area contributed by atoms with Crippen LogP contribution in [0.15, 0.2) is 164 Å². The third-order valence-electron chi connectivity index (χ3n) is 14.0. The van der Waals surface area contributed by atoms with E-state index in [2.05, 4.69) is 159 Å². The molecule has 0 radical (unpaired) electrons. The van der Waals surface area contributed by atoms with Gasteiger partial charge in [-0.1, -0.05) is 124 Å². The second-order valence-electron chi connectivity index (χ2n) is 18.3. The second-order valence-corrected chi connectivity index (χ2v) is 18.3. The first kappa shape index (κ1) is 39.2. The molecule has 64 heavy (non-hydrogen) atoms. The fourth-order valence-corrected chi connectivity index (χ4v) is 10.6. The number of ether oxygens (including phenoxy) is 1. The molecule has 1 aromatic heterocycles. The molecule has 0 unspecified atom stereocenters. The molecule has 1 heterocycles. The van der Waals surface area contributed by atoms with E-state index in [0.29, 0.717) is 17.0 Å². The van der Waals surface area contributed by atoms with Gasteiger partial charge in [-0.05, 0) is 159 Å². The average Bonchev–Trinajstić information content (AvgIpc) is 4.04. The number of nitrogens with zero attached hydrogens (tertiary/aromatic N) is 3. The van der Waals surface area contributed by atoms with Gasteiger partial charge in [0.25, 0.3) is 0 Å². The number of rotatable bonds is 8. The number of hydrogen-bond acceptors (Lipinski definition) is 3. The molecule has 2 aliphatic rings. The minimum atomic E-state index is -0.157. The number of benzene rings is 8. The van der Waals surface area contributed by atoms with E-state index in [9.17, 15) is 10.5 Å². The highest BCUT2D eigenvalue weighted by Crippen LogP contribution is 2.51. The number of nitriles is 2. The maximum atomic E-state index is 9.94. The molecule has 0 aliphatic heterocycles. The van der Waals surface area contributed by atoms with E-state index < -0.39 is 0 Å². The zero-order valence-electron chi connectivity index (χ0n) is 36.5. The molecule has 2 aliphatic carbocycles. The van der Waals surface area contributed by atoms with Crippen LogP contribution < -0.4 is 4.74 Å². The summed E-state index contributed by atoms with van der Waals surface area (Å²) in [4.78, 5) is 0. The third-order valence-corrected chi connectivity index (χ3v) is 14.0. The molecule has 8 aromatic carbocycles. The van der Waals surface area contributed by atoms with E-state index in [4.69, 9.17) is 4.74 Å². The Morgan fingerprint density at radius 1 is 0.578 bits per heavy atom. The zero-order chi connectivity index (χ0) is 43.5. The fraction of sp³-hybridized carbons (Fsp3) is 0.167. The quantitative estimate of drug-likeness (QED) is 0.153. The first-order valence-corrected chi connectivity index (χ1v) is 22.5. The molecule has 1 saturated carbocycles. The summed E-state index contributed by atoms with van der Waals surface area (Å²) < 4.78 is 9.40. The van der Waals surface area contributed by atoms with Crippen molar-refractivity contribution in [2.75, 3.05) is 0 Å². The van der Waals surface area contributed by atoms with Crippen LogP contribution in [0.3, 0.4) is 0 Å². The SMILES string of the molecule is Cc1ccc(-c2cccc(C#N)c2)cc1Oc1cc(-c2ccc3c(c2)c2cc4c(cc2n3-c2cccc(C#N)c2)C(C)(C)c2ccccc2-4)ccc1Cc1cccc(C2CCCC2)c1. The van der Waals surface area contributed by atoms with Crippen LogP contribution in [-0.4, -0.2) is 4.57 Å². The summed E-state index contributed by atoms with van der Waals surface area (Å²) in [5.74, 6) is 2.25. The van der Waals surface area contributed by atoms with Gasteiger partial charge in [-0.15, -0.1) is 0 Å². The van der Waals surface area contributed by atoms with Crippen molar-refractivity contribution in [2.45, 2.75) is 64.2 Å². The van der Waals surface area contributed by atoms with Crippen molar-refractivity contribution in [3.05, 3.63) is 208 Å². The molecule has 0 spiro atoms. The summed E-state index contributed by atoms with van der Waals surface area (Å²) in [6.45, 7) is 6.74. The Morgan fingerprint density at radius 2 is 1.27 bits per heavy atom. The van der Waals surface area contributed by atoms with Gasteiger partial charge >= 0.3 is 0 Å². The smallest absolute Gasteiger partial charge is 0.131 e. The van der Waals surface area contributed by atoms with Crippen molar-refractivity contribution in [3.8, 4) is 62.7 Å². The van der Waals surface area contributed by atoms with Crippen molar-refractivity contribution in [3.63, 3.8) is 0 Å². The average molecular weight is 826 g/mol. The van der Waals surface area contributed by atoms with Crippen molar-refractivity contribution in [1.82, 2.24) is 4.57 Å². The lowest BCUT2D eigenvalue weighted by Gasteiger charge is -2.21. The number of aryl methyl sites for hydroxylation is 1. The second kappa shape index (κ2) is 15.6. The highest BCUT2D eigenvalue weighted by Gasteiger charge is 2.36. The maximum Gasteiger partial charge on any atom is 0.131 e. The largest absolute Gasteiger partial charge is 0.457 e. The molecule has 308 valence electrons. The minimum Gasteiger partial charge on any atom is -0.457 e. The minimum absolute atomic E-state index is 0.157. The Labute approximate surface area is 375 Å². The van der Waals surface area contributed by atoms with Crippen LogP contribution in [0, 0.1) is 29.6 Å². The third kappa shape index (κ3) is 6.75. The topological polar surface area (TPSA) is 61.7 Å². The van der Waals surface area contributed by atoms with Crippen molar-refractivity contribution < 1.29 is 4.74 Å². The van der Waals surface area contributed by atoms with Crippen LogP contribution in [0.4, 0.5) is 0 Å². The normalized spacial score (nSPS) is 14.0. The van der Waals surface area contributed by atoms with Crippen LogP contribution in [0.5, 0.6) is 11.5 Å². The van der Waals surface area contributed by atoms with E-state index in [0.717, 1.165) is 73.4 Å². The highest BCUT2D eigenvalue weighted by molar-refractivity contribution is 6.12. The number of fused-ring (bicyclic) bond motifs is 6. The molecule has 0 bridgehead atoms. The monoisotopic (exact) mass is 825 g/mol. The Morgan fingerprint density at radius 3 is 2.09 bits per heavy atom. The Bertz CT molecular complexity index is 3420. The lowest BCUT2D eigenvalue weighted by atomic mass is 9.82. The molecule has 4 nitrogen and oxygen atoms in total. The van der Waals surface area contributed by atoms with E-state index in [-0.39, 0.29) is 5.41 Å². The van der Waals surface area contributed by atoms with E-state index in [1.165, 1.54) is 64.5 Å². The van der Waals surface area contributed by atoms with Gasteiger partial charge in [0.2, 0.25) is 0 Å². The van der Waals surface area contributed by atoms with Gasteiger partial charge in [0, 0.05) is 28.3 Å². The van der Waals surface area contributed by atoms with Gasteiger partial charge in [-0.25, -0.2) is 0 Å². The Hall–Kier alpha value is -7.66. The van der Waals surface area contributed by atoms with Gasteiger partial charge in [0.05, 0.1) is 34.3 Å². The van der Waals surface area contributed by atoms with Crippen LogP contribution in [0.25, 0.3) is 60.9 Å². The predicted molar refractivity (Wildman–Crippen MR) is 260 cm³/mol. The van der Waals surface area contributed by atoms with E-state index in [1.807, 2.05) is 42.5 Å². The van der Waals surface area contributed by atoms with Crippen LogP contribution in [-0.2, 0) is 11.8 Å². The zero-order valence-corrected chi connectivity index (χ0v) is 36.5. The lowest BCUT2D eigenvalue weighted by molar-refractivity contribution is 0.474. The molecular formula is C60H47N3O. The summed E-state index contributed by atoms with van der Waals surface area (Å²) in [6, 6.07) is 62.9. The number of hydrogen-bond donors (Lipinski definition) is 0. The van der Waals surface area contributed by atoms with E-state index in [1.54, 1.807) is 0 Å². The molecule has 1 fully saturated rings. The van der Waals surface area contributed by atoms with Crippen LogP contribution in [0.1, 0.15) is 90.0 Å². The number of aromatic nitrogens is 1. The standard InChI is InChI=1S/C60H47N3O/c1-38-21-22-46(44-17-9-12-40(29-44)36-61)32-58(38)64-59-33-47(23-24-48(59)28-39-11-8-16-43(27-39)42-14-4-5-15-42)45-25-26-56-52(31-45)53-34-51-50-19-6-7-20-54(50)60(2,3)55(51)35-57(53)63(56)49-18-10-13-41(30-49)37-62/h6-13,16-27,29-35,42H,4-5,14-15,28H2,1-3H3. The highest BCUT2D eigenvalue weighted by atomic mass is 16.5. The van der Waals surface area contributed by atoms with Gasteiger partial charge in [0.1, 0.15) is 11.5 Å². The van der Waals surface area contributed by atoms with E-state index >= 15 is 0 Å². The molecule has 0 N–H and O–H groups in total. The molecular weight excluding hydrogens is 779 g/mol. The van der Waals surface area contributed by atoms with Gasteiger partial charge < -0.3 is 9.30 Å². The van der Waals surface area contributed by atoms with Crippen molar-refractivity contribution in [2.24, 2.45) is 0 Å². The van der Waals surface area contributed by atoms with Gasteiger partial charge in [0.15, 0.2) is 0 Å². The fourth-order valence-electron chi connectivity index (χ4n) is 10.6. The summed E-state index contributed by atoms with van der Waals surface area (Å²) in [7, 11) is 0. The molecule has 11 rings (SSSR count). The summed E-state index contributed by atoms with van der Waals surface area (Å²) in [5.41, 5.74) is 18.5. The van der Waals surface area contributed by atoms with Gasteiger partial charge in [-0.3, -0.25) is 0 Å². The summed E-state index contributed by atoms with van der Waals surface area (Å²) in [6.07, 6.45) is 5.90. The molecule has 0 atom stereocenters. The first-order valence-electron chi connectivity index (χ1n) is 22.5. The molecule has 4 heteroatoms. The molecule has 9 aromatic rings. The summed E-state index contributed by atoms with van der Waals surface area (Å²) >= 11 is 0. The Balaban J connectivity index is 1.06. The van der Waals surface area contributed by atoms with Crippen molar-refractivity contribution in [1.29, 1.82) is 10.5 Å². The van der Waals surface area contributed by atoms with Crippen molar-refractivity contribution >= 4 is 21.8 Å². The van der Waals surface area contributed by atoms with Crippen LogP contribution in [0.2, 0.25) is 0 Å². The maximum absolute atomic E-state index is 9.94. The molecule has 0 amide bonds. The lowest BCUT2D eigenvalue weighted by Crippen LogP contribution is -2.14. The first-order chi connectivity index (χ1) is 31.2.